The molecule has 0 aliphatic heterocycles. The molecule has 182 valence electrons. The molecular weight excluding hydrogens is 486 g/mol. The fourth-order valence-electron chi connectivity index (χ4n) is 3.54. The topological polar surface area (TPSA) is 110 Å². The van der Waals surface area contributed by atoms with Crippen molar-refractivity contribution in [2.24, 2.45) is 0 Å². The molecule has 0 aliphatic rings. The largest absolute Gasteiger partial charge is 0.436 e. The lowest BCUT2D eigenvalue weighted by Crippen LogP contribution is -2.30. The molecule has 8 nitrogen and oxygen atoms in total. The number of benzene rings is 3. The van der Waals surface area contributed by atoms with Gasteiger partial charge in [-0.25, -0.2) is 21.8 Å². The molecule has 0 unspecified atom stereocenters. The summed E-state index contributed by atoms with van der Waals surface area (Å²) in [7, 11) is -7.50. The van der Waals surface area contributed by atoms with Gasteiger partial charge in [-0.05, 0) is 48.5 Å². The highest BCUT2D eigenvalue weighted by Crippen LogP contribution is 2.27. The lowest BCUT2D eigenvalue weighted by molar-refractivity contribution is 0.445. The number of rotatable bonds is 9. The summed E-state index contributed by atoms with van der Waals surface area (Å²) in [6.45, 7) is 4.23. The van der Waals surface area contributed by atoms with Gasteiger partial charge in [-0.2, -0.15) is 4.31 Å². The molecule has 35 heavy (non-hydrogen) atoms. The van der Waals surface area contributed by atoms with Crippen molar-refractivity contribution in [3.63, 3.8) is 0 Å². The van der Waals surface area contributed by atoms with Crippen LogP contribution in [0.1, 0.15) is 13.8 Å². The summed E-state index contributed by atoms with van der Waals surface area (Å²) >= 11 is 0. The minimum atomic E-state index is -3.88. The molecule has 0 amide bonds. The van der Waals surface area contributed by atoms with Crippen molar-refractivity contribution in [2.75, 3.05) is 17.8 Å². The number of nitrogens with zero attached hydrogens (tertiary/aromatic N) is 2. The van der Waals surface area contributed by atoms with Crippen LogP contribution in [0.15, 0.2) is 99.3 Å². The van der Waals surface area contributed by atoms with E-state index in [-0.39, 0.29) is 15.5 Å². The summed E-state index contributed by atoms with van der Waals surface area (Å²) in [6, 6.07) is 21.4. The molecule has 1 N–H and O–H groups in total. The first-order valence-corrected chi connectivity index (χ1v) is 13.9. The van der Waals surface area contributed by atoms with E-state index >= 15 is 0 Å². The number of hydrogen-bond donors (Lipinski definition) is 1. The fraction of sp³-hybridized carbons (Fsp3) is 0.160. The van der Waals surface area contributed by atoms with Gasteiger partial charge >= 0.3 is 0 Å². The van der Waals surface area contributed by atoms with E-state index in [9.17, 15) is 16.8 Å². The maximum absolute atomic E-state index is 12.8. The van der Waals surface area contributed by atoms with Gasteiger partial charge in [0, 0.05) is 29.9 Å². The Balaban J connectivity index is 1.49. The summed E-state index contributed by atoms with van der Waals surface area (Å²) in [5, 5.41) is 0. The molecule has 0 saturated carbocycles. The third-order valence-electron chi connectivity index (χ3n) is 5.43. The van der Waals surface area contributed by atoms with Crippen LogP contribution in [-0.2, 0) is 20.0 Å². The van der Waals surface area contributed by atoms with Crippen LogP contribution in [0.25, 0.3) is 22.8 Å². The number of nitrogens with one attached hydrogen (secondary N) is 1. The van der Waals surface area contributed by atoms with Gasteiger partial charge in [0.25, 0.3) is 10.0 Å². The summed E-state index contributed by atoms with van der Waals surface area (Å²) in [5.41, 5.74) is 1.79. The van der Waals surface area contributed by atoms with Gasteiger partial charge in [0.05, 0.1) is 16.0 Å². The van der Waals surface area contributed by atoms with E-state index in [0.29, 0.717) is 30.3 Å². The molecule has 1 aromatic heterocycles. The van der Waals surface area contributed by atoms with Crippen molar-refractivity contribution >= 4 is 25.7 Å². The molecule has 0 radical (unpaired) electrons. The van der Waals surface area contributed by atoms with E-state index in [1.165, 1.54) is 40.7 Å². The molecule has 1 heterocycles. The predicted molar refractivity (Wildman–Crippen MR) is 135 cm³/mol. The number of anilines is 1. The second-order valence-electron chi connectivity index (χ2n) is 7.64. The maximum Gasteiger partial charge on any atom is 0.261 e. The van der Waals surface area contributed by atoms with Crippen LogP contribution < -0.4 is 4.72 Å². The Morgan fingerprint density at radius 3 is 1.97 bits per heavy atom. The molecule has 10 heteroatoms. The van der Waals surface area contributed by atoms with Crippen LogP contribution in [0, 0.1) is 0 Å². The smallest absolute Gasteiger partial charge is 0.261 e. The molecular formula is C25H25N3O5S2. The monoisotopic (exact) mass is 511 g/mol. The van der Waals surface area contributed by atoms with Crippen molar-refractivity contribution in [2.45, 2.75) is 23.6 Å². The van der Waals surface area contributed by atoms with Gasteiger partial charge in [-0.1, -0.05) is 44.2 Å². The molecule has 0 spiro atoms. The highest BCUT2D eigenvalue weighted by atomic mass is 32.2. The second-order valence-corrected chi connectivity index (χ2v) is 11.3. The zero-order valence-corrected chi connectivity index (χ0v) is 20.9. The van der Waals surface area contributed by atoms with E-state index in [4.69, 9.17) is 4.42 Å². The Morgan fingerprint density at radius 1 is 0.771 bits per heavy atom. The summed E-state index contributed by atoms with van der Waals surface area (Å²) < 4.78 is 60.6. The Hall–Kier alpha value is -3.47. The van der Waals surface area contributed by atoms with Gasteiger partial charge in [-0.15, -0.1) is 0 Å². The quantitative estimate of drug-likeness (QED) is 0.344. The lowest BCUT2D eigenvalue weighted by Gasteiger charge is -2.18. The molecule has 4 aromatic rings. The number of aromatic nitrogens is 1. The highest BCUT2D eigenvalue weighted by Gasteiger charge is 2.22. The summed E-state index contributed by atoms with van der Waals surface area (Å²) in [4.78, 5) is 4.45. The number of sulfonamides is 2. The van der Waals surface area contributed by atoms with Gasteiger partial charge in [0.1, 0.15) is 0 Å². The normalized spacial score (nSPS) is 12.1. The molecule has 0 saturated heterocycles. The molecule has 0 bridgehead atoms. The number of hydrogen-bond acceptors (Lipinski definition) is 6. The molecule has 4 rings (SSSR count). The lowest BCUT2D eigenvalue weighted by atomic mass is 10.2. The Morgan fingerprint density at radius 2 is 1.37 bits per heavy atom. The van der Waals surface area contributed by atoms with Gasteiger partial charge in [0.15, 0.2) is 5.76 Å². The van der Waals surface area contributed by atoms with E-state index in [2.05, 4.69) is 9.71 Å². The molecule has 0 atom stereocenters. The van der Waals surface area contributed by atoms with Crippen LogP contribution in [0.5, 0.6) is 0 Å². The Labute approximate surface area is 205 Å². The average molecular weight is 512 g/mol. The van der Waals surface area contributed by atoms with E-state index in [1.54, 1.807) is 32.2 Å². The second kappa shape index (κ2) is 10.0. The maximum atomic E-state index is 12.8. The van der Waals surface area contributed by atoms with E-state index < -0.39 is 20.0 Å². The van der Waals surface area contributed by atoms with Gasteiger partial charge in [0.2, 0.25) is 15.9 Å². The van der Waals surface area contributed by atoms with Gasteiger partial charge in [-0.3, -0.25) is 4.72 Å². The van der Waals surface area contributed by atoms with Gasteiger partial charge < -0.3 is 4.42 Å². The third kappa shape index (κ3) is 5.29. The SMILES string of the molecule is CCN(CC)S(=O)(=O)c1ccc(NS(=O)(=O)c2ccc(-c3ncc(-c4ccccc4)o3)cc2)cc1. The average Bonchev–Trinajstić information content (AvgIpc) is 3.36. The Kier molecular flexibility index (Phi) is 7.06. The highest BCUT2D eigenvalue weighted by molar-refractivity contribution is 7.92. The minimum Gasteiger partial charge on any atom is -0.436 e. The van der Waals surface area contributed by atoms with Crippen molar-refractivity contribution in [1.82, 2.24) is 9.29 Å². The van der Waals surface area contributed by atoms with Crippen LogP contribution in [0.4, 0.5) is 5.69 Å². The third-order valence-corrected chi connectivity index (χ3v) is 8.89. The van der Waals surface area contributed by atoms with E-state index in [0.717, 1.165) is 5.56 Å². The predicted octanol–water partition coefficient (Wildman–Crippen LogP) is 4.84. The first-order valence-electron chi connectivity index (χ1n) is 11.0. The zero-order chi connectivity index (χ0) is 25.1. The molecule has 0 fully saturated rings. The first kappa shape index (κ1) is 24.6. The number of oxazole rings is 1. The van der Waals surface area contributed by atoms with Crippen molar-refractivity contribution < 1.29 is 21.3 Å². The van der Waals surface area contributed by atoms with Crippen molar-refractivity contribution in [3.8, 4) is 22.8 Å². The fourth-order valence-corrected chi connectivity index (χ4v) is 6.06. The van der Waals surface area contributed by atoms with Crippen molar-refractivity contribution in [3.05, 3.63) is 85.1 Å². The standard InChI is InChI=1S/C25H25N3O5S2/c1-3-28(4-2)35(31,32)23-16-12-21(13-17-23)27-34(29,30)22-14-10-20(11-15-22)25-26-18-24(33-25)19-8-6-5-7-9-19/h5-18,27H,3-4H2,1-2H3. The van der Waals surface area contributed by atoms with Crippen LogP contribution >= 0.6 is 0 Å². The summed E-state index contributed by atoms with van der Waals surface area (Å²) in [6.07, 6.45) is 1.63. The summed E-state index contributed by atoms with van der Waals surface area (Å²) in [5.74, 6) is 0.996. The van der Waals surface area contributed by atoms with Crippen LogP contribution in [-0.4, -0.2) is 39.2 Å². The first-order chi connectivity index (χ1) is 16.7. The van der Waals surface area contributed by atoms with Crippen LogP contribution in [0.3, 0.4) is 0 Å². The Bertz CT molecular complexity index is 1490. The van der Waals surface area contributed by atoms with Crippen LogP contribution in [0.2, 0.25) is 0 Å². The van der Waals surface area contributed by atoms with E-state index in [1.807, 2.05) is 30.3 Å². The zero-order valence-electron chi connectivity index (χ0n) is 19.2. The molecule has 0 aliphatic carbocycles. The molecule has 3 aromatic carbocycles. The van der Waals surface area contributed by atoms with Crippen molar-refractivity contribution in [1.29, 1.82) is 0 Å². The minimum absolute atomic E-state index is 0.0518.